The van der Waals surface area contributed by atoms with Gasteiger partial charge in [-0.3, -0.25) is 14.9 Å². The fourth-order valence-electron chi connectivity index (χ4n) is 2.31. The smallest absolute Gasteiger partial charge is 0.311 e. The third kappa shape index (κ3) is 2.95. The van der Waals surface area contributed by atoms with E-state index in [2.05, 4.69) is 15.6 Å². The SMILES string of the molecule is CNc1ccc([N+](=O)[O-])c(N2CCC(NC(C)=O)C2)n1. The van der Waals surface area contributed by atoms with Crippen molar-refractivity contribution < 1.29 is 9.72 Å². The third-order valence-corrected chi connectivity index (χ3v) is 3.20. The van der Waals surface area contributed by atoms with Crippen LogP contribution in [0.25, 0.3) is 0 Å². The van der Waals surface area contributed by atoms with Gasteiger partial charge in [-0.25, -0.2) is 4.98 Å². The van der Waals surface area contributed by atoms with Gasteiger partial charge in [0, 0.05) is 39.2 Å². The minimum Gasteiger partial charge on any atom is -0.373 e. The molecular weight excluding hydrogens is 262 g/mol. The van der Waals surface area contributed by atoms with Gasteiger partial charge in [0.15, 0.2) is 0 Å². The molecule has 1 amide bonds. The van der Waals surface area contributed by atoms with Gasteiger partial charge in [0.25, 0.3) is 0 Å². The van der Waals surface area contributed by atoms with Crippen molar-refractivity contribution in [2.75, 3.05) is 30.4 Å². The van der Waals surface area contributed by atoms with Gasteiger partial charge in [-0.2, -0.15) is 0 Å². The first-order chi connectivity index (χ1) is 9.51. The molecule has 2 heterocycles. The summed E-state index contributed by atoms with van der Waals surface area (Å²) < 4.78 is 0. The van der Waals surface area contributed by atoms with E-state index in [1.807, 2.05) is 4.90 Å². The zero-order valence-electron chi connectivity index (χ0n) is 11.4. The van der Waals surface area contributed by atoms with Gasteiger partial charge in [0.05, 0.1) is 4.92 Å². The van der Waals surface area contributed by atoms with Crippen LogP contribution in [0.1, 0.15) is 13.3 Å². The fraction of sp³-hybridized carbons (Fsp3) is 0.500. The molecule has 8 nitrogen and oxygen atoms in total. The van der Waals surface area contributed by atoms with Crippen LogP contribution in [-0.4, -0.2) is 42.0 Å². The molecule has 0 aliphatic carbocycles. The van der Waals surface area contributed by atoms with Crippen molar-refractivity contribution in [1.82, 2.24) is 10.3 Å². The van der Waals surface area contributed by atoms with Gasteiger partial charge in [-0.1, -0.05) is 0 Å². The number of nitrogens with one attached hydrogen (secondary N) is 2. The Morgan fingerprint density at radius 2 is 2.30 bits per heavy atom. The molecular formula is C12H17N5O3. The lowest BCUT2D eigenvalue weighted by molar-refractivity contribution is -0.384. The molecule has 1 aliphatic rings. The van der Waals surface area contributed by atoms with Gasteiger partial charge in [-0.15, -0.1) is 0 Å². The largest absolute Gasteiger partial charge is 0.373 e. The second kappa shape index (κ2) is 5.72. The van der Waals surface area contributed by atoms with Crippen LogP contribution >= 0.6 is 0 Å². The highest BCUT2D eigenvalue weighted by molar-refractivity contribution is 5.73. The molecule has 1 aromatic rings. The van der Waals surface area contributed by atoms with Crippen molar-refractivity contribution in [3.05, 3.63) is 22.2 Å². The molecule has 0 bridgehead atoms. The number of nitro groups is 1. The number of rotatable bonds is 4. The summed E-state index contributed by atoms with van der Waals surface area (Å²) in [5.41, 5.74) is -0.0209. The van der Waals surface area contributed by atoms with Crippen molar-refractivity contribution in [2.45, 2.75) is 19.4 Å². The van der Waals surface area contributed by atoms with E-state index in [4.69, 9.17) is 0 Å². The van der Waals surface area contributed by atoms with Crippen LogP contribution in [0.4, 0.5) is 17.3 Å². The molecule has 2 N–H and O–H groups in total. The molecule has 1 atom stereocenters. The molecule has 1 fully saturated rings. The third-order valence-electron chi connectivity index (χ3n) is 3.20. The Hall–Kier alpha value is -2.38. The molecule has 1 saturated heterocycles. The van der Waals surface area contributed by atoms with Crippen LogP contribution in [0, 0.1) is 10.1 Å². The first-order valence-electron chi connectivity index (χ1n) is 6.36. The van der Waals surface area contributed by atoms with E-state index in [0.29, 0.717) is 24.7 Å². The number of carbonyl (C=O) groups is 1. The molecule has 0 radical (unpaired) electrons. The topological polar surface area (TPSA) is 100 Å². The number of anilines is 2. The van der Waals surface area contributed by atoms with Crippen LogP contribution in [0.15, 0.2) is 12.1 Å². The maximum atomic E-state index is 11.1. The van der Waals surface area contributed by atoms with Crippen LogP contribution < -0.4 is 15.5 Å². The fourth-order valence-corrected chi connectivity index (χ4v) is 2.31. The molecule has 1 unspecified atom stereocenters. The normalized spacial score (nSPS) is 17.9. The Kier molecular flexibility index (Phi) is 4.02. The highest BCUT2D eigenvalue weighted by atomic mass is 16.6. The van der Waals surface area contributed by atoms with E-state index < -0.39 is 4.92 Å². The molecule has 108 valence electrons. The summed E-state index contributed by atoms with van der Waals surface area (Å²) >= 11 is 0. The van der Waals surface area contributed by atoms with Crippen LogP contribution in [0.5, 0.6) is 0 Å². The van der Waals surface area contributed by atoms with E-state index in [1.165, 1.54) is 13.0 Å². The van der Waals surface area contributed by atoms with Gasteiger partial charge in [0.2, 0.25) is 11.7 Å². The Labute approximate surface area is 116 Å². The molecule has 8 heteroatoms. The molecule has 0 saturated carbocycles. The number of amides is 1. The molecule has 1 aliphatic heterocycles. The standard InChI is InChI=1S/C12H17N5O3/c1-8(18)14-9-5-6-16(7-9)12-10(17(19)20)3-4-11(13-2)15-12/h3-4,9H,5-7H2,1-2H3,(H,13,15)(H,14,18). The average molecular weight is 279 g/mol. The second-order valence-corrected chi connectivity index (χ2v) is 4.68. The van der Waals surface area contributed by atoms with Gasteiger partial charge in [-0.05, 0) is 12.5 Å². The summed E-state index contributed by atoms with van der Waals surface area (Å²) in [5.74, 6) is 0.826. The Bertz CT molecular complexity index is 534. The lowest BCUT2D eigenvalue weighted by Crippen LogP contribution is -2.35. The monoisotopic (exact) mass is 279 g/mol. The van der Waals surface area contributed by atoms with E-state index in [1.54, 1.807) is 13.1 Å². The van der Waals surface area contributed by atoms with Gasteiger partial charge < -0.3 is 15.5 Å². The molecule has 0 spiro atoms. The maximum absolute atomic E-state index is 11.1. The van der Waals surface area contributed by atoms with E-state index in [-0.39, 0.29) is 17.6 Å². The summed E-state index contributed by atoms with van der Waals surface area (Å²) in [4.78, 5) is 27.8. The number of carbonyl (C=O) groups excluding carboxylic acids is 1. The van der Waals surface area contributed by atoms with Crippen molar-refractivity contribution in [2.24, 2.45) is 0 Å². The molecule has 20 heavy (non-hydrogen) atoms. The quantitative estimate of drug-likeness (QED) is 0.623. The maximum Gasteiger partial charge on any atom is 0.311 e. The Morgan fingerprint density at radius 3 is 2.90 bits per heavy atom. The summed E-state index contributed by atoms with van der Waals surface area (Å²) in [5, 5.41) is 16.8. The number of aromatic nitrogens is 1. The van der Waals surface area contributed by atoms with E-state index in [9.17, 15) is 14.9 Å². The predicted molar refractivity (Wildman–Crippen MR) is 74.9 cm³/mol. The van der Waals surface area contributed by atoms with Crippen molar-refractivity contribution in [3.8, 4) is 0 Å². The summed E-state index contributed by atoms with van der Waals surface area (Å²) in [6.07, 6.45) is 0.752. The van der Waals surface area contributed by atoms with Crippen molar-refractivity contribution in [3.63, 3.8) is 0 Å². The summed E-state index contributed by atoms with van der Waals surface area (Å²) in [6, 6.07) is 3.02. The van der Waals surface area contributed by atoms with Gasteiger partial charge in [0.1, 0.15) is 5.82 Å². The number of nitrogens with zero attached hydrogens (tertiary/aromatic N) is 3. The highest BCUT2D eigenvalue weighted by Gasteiger charge is 2.29. The number of hydrogen-bond acceptors (Lipinski definition) is 6. The minimum atomic E-state index is -0.437. The Balaban J connectivity index is 2.23. The predicted octanol–water partition coefficient (Wildman–Crippen LogP) is 0.746. The molecule has 1 aromatic heterocycles. The number of pyridine rings is 1. The second-order valence-electron chi connectivity index (χ2n) is 4.68. The zero-order chi connectivity index (χ0) is 14.7. The Morgan fingerprint density at radius 1 is 1.55 bits per heavy atom. The van der Waals surface area contributed by atoms with E-state index in [0.717, 1.165) is 6.42 Å². The molecule has 2 rings (SSSR count). The molecule has 0 aromatic carbocycles. The first kappa shape index (κ1) is 14.0. The van der Waals surface area contributed by atoms with Gasteiger partial charge >= 0.3 is 5.69 Å². The first-order valence-corrected chi connectivity index (χ1v) is 6.36. The van der Waals surface area contributed by atoms with Crippen LogP contribution in [0.3, 0.4) is 0 Å². The zero-order valence-corrected chi connectivity index (χ0v) is 11.4. The van der Waals surface area contributed by atoms with Crippen molar-refractivity contribution in [1.29, 1.82) is 0 Å². The lowest BCUT2D eigenvalue weighted by atomic mass is 10.2. The summed E-state index contributed by atoms with van der Waals surface area (Å²) in [7, 11) is 1.71. The summed E-state index contributed by atoms with van der Waals surface area (Å²) in [6.45, 7) is 2.62. The van der Waals surface area contributed by atoms with Crippen LogP contribution in [-0.2, 0) is 4.79 Å². The minimum absolute atomic E-state index is 0.00662. The lowest BCUT2D eigenvalue weighted by Gasteiger charge is -2.18. The van der Waals surface area contributed by atoms with Crippen LogP contribution in [0.2, 0.25) is 0 Å². The van der Waals surface area contributed by atoms with E-state index >= 15 is 0 Å². The number of hydrogen-bond donors (Lipinski definition) is 2. The highest BCUT2D eigenvalue weighted by Crippen LogP contribution is 2.30. The average Bonchev–Trinajstić information content (AvgIpc) is 2.85. The van der Waals surface area contributed by atoms with Crippen molar-refractivity contribution >= 4 is 23.2 Å².